The average Bonchev–Trinajstić information content (AvgIpc) is 2.88. The van der Waals surface area contributed by atoms with Gasteiger partial charge in [0.15, 0.2) is 0 Å². The second-order valence-corrected chi connectivity index (χ2v) is 4.92. The second kappa shape index (κ2) is 4.76. The lowest BCUT2D eigenvalue weighted by molar-refractivity contribution is 1.11. The van der Waals surface area contributed by atoms with Gasteiger partial charge in [-0.2, -0.15) is 5.10 Å². The van der Waals surface area contributed by atoms with Crippen LogP contribution in [0, 0.1) is 13.8 Å². The minimum atomic E-state index is 0.831. The number of fused-ring (bicyclic) bond motifs is 1. The number of aryl methyl sites for hydroxylation is 2. The van der Waals surface area contributed by atoms with Crippen molar-refractivity contribution in [1.29, 1.82) is 0 Å². The van der Waals surface area contributed by atoms with Gasteiger partial charge in [-0.3, -0.25) is 5.10 Å². The fourth-order valence-corrected chi connectivity index (χ4v) is 2.30. The quantitative estimate of drug-likeness (QED) is 0.743. The lowest BCUT2D eigenvalue weighted by Crippen LogP contribution is -2.01. The largest absolute Gasteiger partial charge is 0.380 e. The molecule has 0 saturated carbocycles. The zero-order valence-corrected chi connectivity index (χ0v) is 11.2. The topological polar surface area (TPSA) is 40.7 Å². The maximum atomic E-state index is 4.08. The van der Waals surface area contributed by atoms with E-state index in [4.69, 9.17) is 0 Å². The monoisotopic (exact) mass is 251 g/mol. The van der Waals surface area contributed by atoms with E-state index in [0.29, 0.717) is 0 Å². The van der Waals surface area contributed by atoms with Crippen LogP contribution in [-0.4, -0.2) is 10.2 Å². The maximum Gasteiger partial charge on any atom is 0.0671 e. The molecule has 1 heterocycles. The van der Waals surface area contributed by atoms with E-state index in [-0.39, 0.29) is 0 Å². The number of nitrogens with one attached hydrogen (secondary N) is 2. The predicted molar refractivity (Wildman–Crippen MR) is 79.3 cm³/mol. The first-order chi connectivity index (χ1) is 9.24. The molecule has 0 fully saturated rings. The van der Waals surface area contributed by atoms with E-state index in [2.05, 4.69) is 53.6 Å². The Bertz CT molecular complexity index is 713. The van der Waals surface area contributed by atoms with Crippen LogP contribution in [-0.2, 0) is 6.54 Å². The Kier molecular flexibility index (Phi) is 2.95. The molecule has 3 rings (SSSR count). The van der Waals surface area contributed by atoms with E-state index >= 15 is 0 Å². The lowest BCUT2D eigenvalue weighted by Gasteiger charge is -2.10. The van der Waals surface area contributed by atoms with Crippen molar-refractivity contribution in [2.75, 3.05) is 5.32 Å². The summed E-state index contributed by atoms with van der Waals surface area (Å²) in [6.07, 6.45) is 1.86. The van der Waals surface area contributed by atoms with Gasteiger partial charge < -0.3 is 5.32 Å². The normalized spacial score (nSPS) is 10.8. The standard InChI is InChI=1S/C16H17N3/c1-11-6-7-12(2)13(8-11)9-17-15-4-3-5-16-14(15)10-18-19-16/h3-8,10,17H,9H2,1-2H3,(H,18,19). The third-order valence-corrected chi connectivity index (χ3v) is 3.46. The molecule has 19 heavy (non-hydrogen) atoms. The molecule has 0 unspecified atom stereocenters. The molecule has 0 bridgehead atoms. The molecule has 0 atom stereocenters. The summed E-state index contributed by atoms with van der Waals surface area (Å²) in [6.45, 7) is 5.10. The van der Waals surface area contributed by atoms with Gasteiger partial charge in [-0.05, 0) is 37.1 Å². The van der Waals surface area contributed by atoms with Crippen molar-refractivity contribution in [2.24, 2.45) is 0 Å². The van der Waals surface area contributed by atoms with Crippen LogP contribution in [0.2, 0.25) is 0 Å². The Morgan fingerprint density at radius 2 is 2.05 bits per heavy atom. The van der Waals surface area contributed by atoms with Crippen LogP contribution in [0.5, 0.6) is 0 Å². The van der Waals surface area contributed by atoms with Gasteiger partial charge in [0, 0.05) is 17.6 Å². The molecular formula is C16H17N3. The van der Waals surface area contributed by atoms with Gasteiger partial charge in [0.2, 0.25) is 0 Å². The van der Waals surface area contributed by atoms with Crippen LogP contribution >= 0.6 is 0 Å². The van der Waals surface area contributed by atoms with Crippen molar-refractivity contribution in [3.05, 3.63) is 59.3 Å². The number of hydrogen-bond donors (Lipinski definition) is 2. The highest BCUT2D eigenvalue weighted by molar-refractivity contribution is 5.90. The Labute approximate surface area is 112 Å². The molecule has 2 aromatic carbocycles. The number of benzene rings is 2. The van der Waals surface area contributed by atoms with Gasteiger partial charge in [0.1, 0.15) is 0 Å². The molecule has 0 saturated heterocycles. The highest BCUT2D eigenvalue weighted by atomic mass is 15.1. The van der Waals surface area contributed by atoms with Crippen molar-refractivity contribution in [2.45, 2.75) is 20.4 Å². The lowest BCUT2D eigenvalue weighted by atomic mass is 10.1. The highest BCUT2D eigenvalue weighted by Crippen LogP contribution is 2.22. The van der Waals surface area contributed by atoms with E-state index in [9.17, 15) is 0 Å². The van der Waals surface area contributed by atoms with E-state index < -0.39 is 0 Å². The Balaban J connectivity index is 1.86. The first-order valence-corrected chi connectivity index (χ1v) is 6.46. The minimum absolute atomic E-state index is 0.831. The summed E-state index contributed by atoms with van der Waals surface area (Å²) in [4.78, 5) is 0. The molecule has 3 aromatic rings. The molecule has 0 spiro atoms. The number of anilines is 1. The maximum absolute atomic E-state index is 4.08. The summed E-state index contributed by atoms with van der Waals surface area (Å²) in [5, 5.41) is 11.7. The molecule has 3 nitrogen and oxygen atoms in total. The number of hydrogen-bond acceptors (Lipinski definition) is 2. The van der Waals surface area contributed by atoms with Gasteiger partial charge in [-0.15, -0.1) is 0 Å². The molecule has 3 heteroatoms. The van der Waals surface area contributed by atoms with Crippen molar-refractivity contribution in [3.63, 3.8) is 0 Å². The third-order valence-electron chi connectivity index (χ3n) is 3.46. The Morgan fingerprint density at radius 3 is 2.95 bits per heavy atom. The molecule has 0 aliphatic carbocycles. The molecule has 0 amide bonds. The predicted octanol–water partition coefficient (Wildman–Crippen LogP) is 3.79. The third kappa shape index (κ3) is 2.32. The van der Waals surface area contributed by atoms with Crippen LogP contribution in [0.4, 0.5) is 5.69 Å². The zero-order chi connectivity index (χ0) is 13.2. The molecule has 96 valence electrons. The minimum Gasteiger partial charge on any atom is -0.380 e. The smallest absolute Gasteiger partial charge is 0.0671 e. The first kappa shape index (κ1) is 11.8. The summed E-state index contributed by atoms with van der Waals surface area (Å²) < 4.78 is 0. The summed E-state index contributed by atoms with van der Waals surface area (Å²) in [5.41, 5.74) is 6.13. The molecular weight excluding hydrogens is 234 g/mol. The molecule has 2 N–H and O–H groups in total. The second-order valence-electron chi connectivity index (χ2n) is 4.92. The van der Waals surface area contributed by atoms with Crippen LogP contribution in [0.3, 0.4) is 0 Å². The van der Waals surface area contributed by atoms with Crippen LogP contribution < -0.4 is 5.32 Å². The first-order valence-electron chi connectivity index (χ1n) is 6.46. The zero-order valence-electron chi connectivity index (χ0n) is 11.2. The molecule has 1 aromatic heterocycles. The number of aromatic nitrogens is 2. The Hall–Kier alpha value is -2.29. The number of nitrogens with zero attached hydrogens (tertiary/aromatic N) is 1. The van der Waals surface area contributed by atoms with E-state index in [1.807, 2.05) is 18.3 Å². The summed E-state index contributed by atoms with van der Waals surface area (Å²) >= 11 is 0. The van der Waals surface area contributed by atoms with Gasteiger partial charge in [-0.1, -0.05) is 29.8 Å². The summed E-state index contributed by atoms with van der Waals surface area (Å²) in [5.74, 6) is 0. The van der Waals surface area contributed by atoms with Crippen molar-refractivity contribution in [1.82, 2.24) is 10.2 Å². The molecule has 0 radical (unpaired) electrons. The van der Waals surface area contributed by atoms with Gasteiger partial charge in [0.25, 0.3) is 0 Å². The highest BCUT2D eigenvalue weighted by Gasteiger charge is 2.03. The van der Waals surface area contributed by atoms with Crippen molar-refractivity contribution in [3.8, 4) is 0 Å². The number of aromatic amines is 1. The van der Waals surface area contributed by atoms with Gasteiger partial charge in [-0.25, -0.2) is 0 Å². The fraction of sp³-hybridized carbons (Fsp3) is 0.188. The molecule has 0 aliphatic heterocycles. The summed E-state index contributed by atoms with van der Waals surface area (Å²) in [7, 11) is 0. The van der Waals surface area contributed by atoms with Crippen LogP contribution in [0.1, 0.15) is 16.7 Å². The van der Waals surface area contributed by atoms with Crippen LogP contribution in [0.25, 0.3) is 10.9 Å². The van der Waals surface area contributed by atoms with Crippen molar-refractivity contribution >= 4 is 16.6 Å². The van der Waals surface area contributed by atoms with Crippen molar-refractivity contribution < 1.29 is 0 Å². The molecule has 0 aliphatic rings. The number of H-pyrrole nitrogens is 1. The Morgan fingerprint density at radius 1 is 1.16 bits per heavy atom. The SMILES string of the molecule is Cc1ccc(C)c(CNc2cccc3[nH]ncc23)c1. The van der Waals surface area contributed by atoms with E-state index in [0.717, 1.165) is 23.1 Å². The fourth-order valence-electron chi connectivity index (χ4n) is 2.30. The number of rotatable bonds is 3. The van der Waals surface area contributed by atoms with E-state index in [1.54, 1.807) is 0 Å². The summed E-state index contributed by atoms with van der Waals surface area (Å²) in [6, 6.07) is 12.7. The van der Waals surface area contributed by atoms with E-state index in [1.165, 1.54) is 16.7 Å². The van der Waals surface area contributed by atoms with Gasteiger partial charge in [0.05, 0.1) is 11.7 Å². The van der Waals surface area contributed by atoms with Gasteiger partial charge >= 0.3 is 0 Å². The van der Waals surface area contributed by atoms with Crippen LogP contribution in [0.15, 0.2) is 42.6 Å². The average molecular weight is 251 g/mol.